The van der Waals surface area contributed by atoms with Crippen LogP contribution in [0.25, 0.3) is 10.9 Å². The summed E-state index contributed by atoms with van der Waals surface area (Å²) in [4.78, 5) is 6.75. The van der Waals surface area contributed by atoms with Gasteiger partial charge in [0.15, 0.2) is 5.16 Å². The summed E-state index contributed by atoms with van der Waals surface area (Å²) in [6, 6.07) is 7.89. The maximum Gasteiger partial charge on any atom is 0.228 e. The number of morpholine rings is 1. The molecule has 4 rings (SSSR count). The smallest absolute Gasteiger partial charge is 0.228 e. The normalized spacial score (nSPS) is 14.9. The van der Waals surface area contributed by atoms with Crippen molar-refractivity contribution in [1.82, 2.24) is 19.7 Å². The number of benzene rings is 1. The van der Waals surface area contributed by atoms with E-state index in [4.69, 9.17) is 16.3 Å². The fourth-order valence-electron chi connectivity index (χ4n) is 3.12. The Balaban J connectivity index is 1.57. The third-order valence-electron chi connectivity index (χ3n) is 4.46. The number of nitrogens with zero attached hydrogens (tertiary/aromatic N) is 5. The summed E-state index contributed by atoms with van der Waals surface area (Å²) in [6.45, 7) is 6.14. The number of hydrogen-bond acceptors (Lipinski definition) is 6. The van der Waals surface area contributed by atoms with E-state index in [2.05, 4.69) is 31.6 Å². The minimum Gasteiger partial charge on any atom is -0.378 e. The number of rotatable bonds is 5. The molecule has 2 aromatic heterocycles. The predicted octanol–water partition coefficient (Wildman–Crippen LogP) is 3.63. The minimum absolute atomic E-state index is 0.730. The van der Waals surface area contributed by atoms with Gasteiger partial charge < -0.3 is 9.64 Å². The molecule has 0 saturated carbocycles. The maximum atomic E-state index is 6.29. The van der Waals surface area contributed by atoms with Crippen LogP contribution in [0.2, 0.25) is 5.02 Å². The van der Waals surface area contributed by atoms with Crippen molar-refractivity contribution in [2.75, 3.05) is 31.2 Å². The third kappa shape index (κ3) is 3.39. The number of thioether (sulfide) groups is 1. The summed E-state index contributed by atoms with van der Waals surface area (Å²) >= 11 is 7.97. The van der Waals surface area contributed by atoms with Crippen LogP contribution in [0.4, 0.5) is 5.95 Å². The first kappa shape index (κ1) is 17.6. The van der Waals surface area contributed by atoms with Gasteiger partial charge in [0.1, 0.15) is 0 Å². The first-order chi connectivity index (χ1) is 12.8. The predicted molar refractivity (Wildman–Crippen MR) is 105 cm³/mol. The summed E-state index contributed by atoms with van der Waals surface area (Å²) in [6.07, 6.45) is 1.80. The molecule has 0 bridgehead atoms. The van der Waals surface area contributed by atoms with E-state index in [0.29, 0.717) is 0 Å². The molecule has 0 unspecified atom stereocenters. The quantitative estimate of drug-likeness (QED) is 0.621. The zero-order valence-corrected chi connectivity index (χ0v) is 16.1. The van der Waals surface area contributed by atoms with Crippen LogP contribution < -0.4 is 4.90 Å². The fourth-order valence-corrected chi connectivity index (χ4v) is 4.32. The van der Waals surface area contributed by atoms with Gasteiger partial charge in [0.2, 0.25) is 5.95 Å². The van der Waals surface area contributed by atoms with E-state index < -0.39 is 0 Å². The standard InChI is InChI=1S/C18H20ClN5OS/c1-2-24-17(23-8-10-25-11-9-23)21-22-18(24)26-12-13-5-6-15(19)14-4-3-7-20-16(13)14/h3-7H,2,8-12H2,1H3. The van der Waals surface area contributed by atoms with Gasteiger partial charge in [-0.15, -0.1) is 10.2 Å². The summed E-state index contributed by atoms with van der Waals surface area (Å²) in [5.41, 5.74) is 2.09. The number of hydrogen-bond donors (Lipinski definition) is 0. The van der Waals surface area contributed by atoms with Crippen LogP contribution in [-0.4, -0.2) is 46.1 Å². The number of fused-ring (bicyclic) bond motifs is 1. The van der Waals surface area contributed by atoms with Gasteiger partial charge in [0.25, 0.3) is 0 Å². The highest BCUT2D eigenvalue weighted by Gasteiger charge is 2.20. The van der Waals surface area contributed by atoms with E-state index in [9.17, 15) is 0 Å². The first-order valence-electron chi connectivity index (χ1n) is 8.68. The van der Waals surface area contributed by atoms with Crippen LogP contribution in [0, 0.1) is 0 Å². The van der Waals surface area contributed by atoms with Crippen LogP contribution in [0.3, 0.4) is 0 Å². The lowest BCUT2D eigenvalue weighted by molar-refractivity contribution is 0.121. The molecule has 1 fully saturated rings. The van der Waals surface area contributed by atoms with E-state index in [0.717, 1.165) is 71.2 Å². The van der Waals surface area contributed by atoms with Gasteiger partial charge >= 0.3 is 0 Å². The van der Waals surface area contributed by atoms with Crippen LogP contribution in [0.5, 0.6) is 0 Å². The number of halogens is 1. The maximum absolute atomic E-state index is 6.29. The number of anilines is 1. The molecule has 0 N–H and O–H groups in total. The molecular formula is C18H20ClN5OS. The molecule has 8 heteroatoms. The Hall–Kier alpha value is -1.83. The van der Waals surface area contributed by atoms with Gasteiger partial charge in [-0.3, -0.25) is 9.55 Å². The van der Waals surface area contributed by atoms with E-state index in [1.807, 2.05) is 24.3 Å². The molecule has 0 amide bonds. The van der Waals surface area contributed by atoms with Crippen LogP contribution in [0.1, 0.15) is 12.5 Å². The summed E-state index contributed by atoms with van der Waals surface area (Å²) < 4.78 is 7.60. The van der Waals surface area contributed by atoms with E-state index >= 15 is 0 Å². The van der Waals surface area contributed by atoms with Crippen molar-refractivity contribution in [2.24, 2.45) is 0 Å². The Morgan fingerprint density at radius 3 is 2.85 bits per heavy atom. The molecule has 136 valence electrons. The second-order valence-corrected chi connectivity index (χ2v) is 7.37. The van der Waals surface area contributed by atoms with E-state index in [-0.39, 0.29) is 0 Å². The van der Waals surface area contributed by atoms with Crippen molar-refractivity contribution in [3.8, 4) is 0 Å². The van der Waals surface area contributed by atoms with Crippen molar-refractivity contribution < 1.29 is 4.74 Å². The van der Waals surface area contributed by atoms with Crippen LogP contribution in [0.15, 0.2) is 35.6 Å². The molecule has 3 aromatic rings. The lowest BCUT2D eigenvalue weighted by Gasteiger charge is -2.27. The SMILES string of the molecule is CCn1c(SCc2ccc(Cl)c3cccnc23)nnc1N1CCOCC1. The van der Waals surface area contributed by atoms with Crippen LogP contribution in [-0.2, 0) is 17.0 Å². The summed E-state index contributed by atoms with van der Waals surface area (Å²) in [5.74, 6) is 1.70. The molecule has 1 aromatic carbocycles. The second kappa shape index (κ2) is 7.82. The minimum atomic E-state index is 0.730. The van der Waals surface area contributed by atoms with Gasteiger partial charge in [-0.05, 0) is 30.7 Å². The Labute approximate surface area is 161 Å². The molecular weight excluding hydrogens is 370 g/mol. The number of pyridine rings is 1. The summed E-state index contributed by atoms with van der Waals surface area (Å²) in [5, 5.41) is 11.5. The molecule has 0 radical (unpaired) electrons. The van der Waals surface area contributed by atoms with Gasteiger partial charge in [-0.25, -0.2) is 0 Å². The second-order valence-electron chi connectivity index (χ2n) is 6.02. The molecule has 0 atom stereocenters. The molecule has 1 saturated heterocycles. The van der Waals surface area contributed by atoms with Gasteiger partial charge in [-0.1, -0.05) is 29.4 Å². The van der Waals surface area contributed by atoms with Gasteiger partial charge in [0.05, 0.1) is 18.7 Å². The lowest BCUT2D eigenvalue weighted by Crippen LogP contribution is -2.38. The Morgan fingerprint density at radius 2 is 2.04 bits per heavy atom. The Morgan fingerprint density at radius 1 is 1.19 bits per heavy atom. The van der Waals surface area contributed by atoms with Gasteiger partial charge in [-0.2, -0.15) is 0 Å². The Kier molecular flexibility index (Phi) is 5.28. The molecule has 26 heavy (non-hydrogen) atoms. The largest absolute Gasteiger partial charge is 0.378 e. The monoisotopic (exact) mass is 389 g/mol. The molecule has 1 aliphatic rings. The zero-order chi connectivity index (χ0) is 17.9. The summed E-state index contributed by atoms with van der Waals surface area (Å²) in [7, 11) is 0. The number of aromatic nitrogens is 4. The molecule has 0 aliphatic carbocycles. The van der Waals surface area contributed by atoms with Crippen molar-refractivity contribution in [2.45, 2.75) is 24.4 Å². The fraction of sp³-hybridized carbons (Fsp3) is 0.389. The van der Waals surface area contributed by atoms with Crippen molar-refractivity contribution in [3.05, 3.63) is 41.0 Å². The highest BCUT2D eigenvalue weighted by atomic mass is 35.5. The third-order valence-corrected chi connectivity index (χ3v) is 5.81. The van der Waals surface area contributed by atoms with Crippen molar-refractivity contribution >= 4 is 40.2 Å². The Bertz CT molecular complexity index is 910. The van der Waals surface area contributed by atoms with Crippen molar-refractivity contribution in [3.63, 3.8) is 0 Å². The number of ether oxygens (including phenoxy) is 1. The molecule has 0 spiro atoms. The molecule has 1 aliphatic heterocycles. The average molecular weight is 390 g/mol. The zero-order valence-electron chi connectivity index (χ0n) is 14.6. The van der Waals surface area contributed by atoms with Gasteiger partial charge in [0, 0.05) is 42.0 Å². The first-order valence-corrected chi connectivity index (χ1v) is 10.0. The van der Waals surface area contributed by atoms with E-state index in [1.54, 1.807) is 18.0 Å². The lowest BCUT2D eigenvalue weighted by atomic mass is 10.1. The topological polar surface area (TPSA) is 56.1 Å². The molecule has 3 heterocycles. The van der Waals surface area contributed by atoms with Crippen LogP contribution >= 0.6 is 23.4 Å². The van der Waals surface area contributed by atoms with Crippen molar-refractivity contribution in [1.29, 1.82) is 0 Å². The highest BCUT2D eigenvalue weighted by Crippen LogP contribution is 2.30. The highest BCUT2D eigenvalue weighted by molar-refractivity contribution is 7.98. The molecule has 6 nitrogen and oxygen atoms in total. The average Bonchev–Trinajstić information content (AvgIpc) is 3.11. The van der Waals surface area contributed by atoms with E-state index in [1.165, 1.54) is 0 Å².